The van der Waals surface area contributed by atoms with E-state index in [2.05, 4.69) is 25.5 Å². The maximum atomic E-state index is 13.2. The van der Waals surface area contributed by atoms with E-state index in [-0.39, 0.29) is 12.0 Å². The molecule has 9 heteroatoms. The summed E-state index contributed by atoms with van der Waals surface area (Å²) >= 11 is 0. The van der Waals surface area contributed by atoms with Gasteiger partial charge in [0.25, 0.3) is 5.91 Å². The second-order valence-electron chi connectivity index (χ2n) is 6.32. The van der Waals surface area contributed by atoms with Crippen LogP contribution >= 0.6 is 0 Å². The van der Waals surface area contributed by atoms with Crippen LogP contribution in [0.4, 0.5) is 0 Å². The zero-order valence-corrected chi connectivity index (χ0v) is 15.1. The van der Waals surface area contributed by atoms with Gasteiger partial charge in [-0.05, 0) is 17.4 Å². The number of rotatable bonds is 3. The van der Waals surface area contributed by atoms with Gasteiger partial charge in [0.1, 0.15) is 11.9 Å². The van der Waals surface area contributed by atoms with Gasteiger partial charge in [0.15, 0.2) is 5.82 Å². The summed E-state index contributed by atoms with van der Waals surface area (Å²) < 4.78 is 7.32. The molecular weight excluding hydrogens is 346 g/mol. The molecule has 0 saturated carbocycles. The fourth-order valence-electron chi connectivity index (χ4n) is 3.11. The van der Waals surface area contributed by atoms with E-state index < -0.39 is 0 Å². The number of aryl methyl sites for hydroxylation is 2. The summed E-state index contributed by atoms with van der Waals surface area (Å²) in [5, 5.41) is 11.5. The highest BCUT2D eigenvalue weighted by atomic mass is 16.5. The number of tetrazole rings is 1. The van der Waals surface area contributed by atoms with Gasteiger partial charge in [-0.1, -0.05) is 30.3 Å². The first-order valence-corrected chi connectivity index (χ1v) is 8.65. The molecule has 1 aromatic carbocycles. The van der Waals surface area contributed by atoms with Crippen LogP contribution in [0.2, 0.25) is 0 Å². The van der Waals surface area contributed by atoms with Gasteiger partial charge in [-0.15, -0.1) is 5.10 Å². The van der Waals surface area contributed by atoms with E-state index in [1.165, 1.54) is 0 Å². The minimum atomic E-state index is -0.366. The summed E-state index contributed by atoms with van der Waals surface area (Å²) in [6.07, 6.45) is 1.23. The molecule has 0 bridgehead atoms. The first kappa shape index (κ1) is 17.2. The van der Waals surface area contributed by atoms with Gasteiger partial charge in [-0.3, -0.25) is 4.79 Å². The standard InChI is InChI=1S/C18H19N7O2/c1-12-19-10-14(16(20-12)13-6-4-3-5-7-13)18(26)25-8-9-27-15(11-25)17-21-22-23-24(17)2/h3-7,10,15H,8-9,11H2,1-2H3. The van der Waals surface area contributed by atoms with Gasteiger partial charge in [-0.2, -0.15) is 0 Å². The number of carbonyl (C=O) groups is 1. The molecule has 3 aromatic rings. The summed E-state index contributed by atoms with van der Waals surface area (Å²) in [4.78, 5) is 23.7. The number of nitrogens with zero attached hydrogens (tertiary/aromatic N) is 7. The van der Waals surface area contributed by atoms with Crippen LogP contribution in [-0.2, 0) is 11.8 Å². The van der Waals surface area contributed by atoms with Crippen molar-refractivity contribution in [3.05, 3.63) is 53.7 Å². The highest BCUT2D eigenvalue weighted by molar-refractivity contribution is 5.99. The van der Waals surface area contributed by atoms with Gasteiger partial charge < -0.3 is 9.64 Å². The molecule has 1 aliphatic rings. The van der Waals surface area contributed by atoms with E-state index in [0.29, 0.717) is 42.6 Å². The van der Waals surface area contributed by atoms with Crippen LogP contribution in [0.25, 0.3) is 11.3 Å². The monoisotopic (exact) mass is 365 g/mol. The number of amides is 1. The van der Waals surface area contributed by atoms with E-state index in [9.17, 15) is 4.79 Å². The zero-order valence-electron chi connectivity index (χ0n) is 15.1. The van der Waals surface area contributed by atoms with Crippen LogP contribution in [0.5, 0.6) is 0 Å². The molecule has 1 fully saturated rings. The summed E-state index contributed by atoms with van der Waals surface area (Å²) in [7, 11) is 1.75. The average Bonchev–Trinajstić information content (AvgIpc) is 3.14. The fourth-order valence-corrected chi connectivity index (χ4v) is 3.11. The number of morpholine rings is 1. The van der Waals surface area contributed by atoms with E-state index >= 15 is 0 Å². The Hall–Kier alpha value is -3.20. The van der Waals surface area contributed by atoms with Crippen molar-refractivity contribution in [3.8, 4) is 11.3 Å². The Morgan fingerprint density at radius 3 is 2.81 bits per heavy atom. The molecule has 0 radical (unpaired) electrons. The van der Waals surface area contributed by atoms with Crippen LogP contribution in [0.1, 0.15) is 28.1 Å². The summed E-state index contributed by atoms with van der Waals surface area (Å²) in [5.74, 6) is 1.09. The molecule has 0 spiro atoms. The topological polar surface area (TPSA) is 98.9 Å². The Labute approximate surface area is 156 Å². The highest BCUT2D eigenvalue weighted by Crippen LogP contribution is 2.25. The molecule has 1 atom stereocenters. The summed E-state index contributed by atoms with van der Waals surface area (Å²) in [6.45, 7) is 3.08. The Morgan fingerprint density at radius 2 is 2.07 bits per heavy atom. The van der Waals surface area contributed by atoms with Gasteiger partial charge in [0.2, 0.25) is 0 Å². The lowest BCUT2D eigenvalue weighted by atomic mass is 10.1. The first-order valence-electron chi connectivity index (χ1n) is 8.65. The van der Waals surface area contributed by atoms with Crippen molar-refractivity contribution < 1.29 is 9.53 Å². The molecule has 0 N–H and O–H groups in total. The van der Waals surface area contributed by atoms with Crippen molar-refractivity contribution >= 4 is 5.91 Å². The molecule has 4 rings (SSSR count). The molecular formula is C18H19N7O2. The SMILES string of the molecule is Cc1ncc(C(=O)N2CCOC(c3nnnn3C)C2)c(-c2ccccc2)n1. The Morgan fingerprint density at radius 1 is 1.26 bits per heavy atom. The molecule has 27 heavy (non-hydrogen) atoms. The van der Waals surface area contributed by atoms with Crippen molar-refractivity contribution in [2.45, 2.75) is 13.0 Å². The normalized spacial score (nSPS) is 17.1. The predicted octanol–water partition coefficient (Wildman–Crippen LogP) is 1.19. The molecule has 138 valence electrons. The third-order valence-electron chi connectivity index (χ3n) is 4.48. The van der Waals surface area contributed by atoms with Gasteiger partial charge in [0.05, 0.1) is 24.4 Å². The Kier molecular flexibility index (Phi) is 4.59. The van der Waals surface area contributed by atoms with E-state index in [0.717, 1.165) is 5.56 Å². The molecule has 3 heterocycles. The van der Waals surface area contributed by atoms with Crippen molar-refractivity contribution in [2.75, 3.05) is 19.7 Å². The number of carbonyl (C=O) groups excluding carboxylic acids is 1. The number of aromatic nitrogens is 6. The van der Waals surface area contributed by atoms with Gasteiger partial charge in [-0.25, -0.2) is 14.6 Å². The molecule has 9 nitrogen and oxygen atoms in total. The zero-order chi connectivity index (χ0) is 18.8. The smallest absolute Gasteiger partial charge is 0.257 e. The van der Waals surface area contributed by atoms with Crippen LogP contribution in [-0.4, -0.2) is 60.7 Å². The van der Waals surface area contributed by atoms with Crippen molar-refractivity contribution in [2.24, 2.45) is 7.05 Å². The van der Waals surface area contributed by atoms with Gasteiger partial charge in [0, 0.05) is 25.4 Å². The van der Waals surface area contributed by atoms with Crippen molar-refractivity contribution in [1.29, 1.82) is 0 Å². The summed E-state index contributed by atoms with van der Waals surface area (Å²) in [6, 6.07) is 9.65. The predicted molar refractivity (Wildman–Crippen MR) is 95.6 cm³/mol. The number of hydrogen-bond acceptors (Lipinski definition) is 7. The first-order chi connectivity index (χ1) is 13.1. The van der Waals surface area contributed by atoms with Crippen LogP contribution in [0.15, 0.2) is 36.5 Å². The lowest BCUT2D eigenvalue weighted by Crippen LogP contribution is -2.43. The summed E-state index contributed by atoms with van der Waals surface area (Å²) in [5.41, 5.74) is 1.99. The Bertz CT molecular complexity index is 957. The van der Waals surface area contributed by atoms with Crippen LogP contribution < -0.4 is 0 Å². The largest absolute Gasteiger partial charge is 0.366 e. The molecule has 1 unspecified atom stereocenters. The second-order valence-corrected chi connectivity index (χ2v) is 6.32. The van der Waals surface area contributed by atoms with E-state index in [4.69, 9.17) is 4.74 Å². The second kappa shape index (κ2) is 7.20. The molecule has 2 aromatic heterocycles. The third-order valence-corrected chi connectivity index (χ3v) is 4.48. The van der Waals surface area contributed by atoms with Crippen LogP contribution in [0.3, 0.4) is 0 Å². The lowest BCUT2D eigenvalue weighted by molar-refractivity contribution is -0.0284. The maximum Gasteiger partial charge on any atom is 0.257 e. The Balaban J connectivity index is 1.64. The number of benzene rings is 1. The minimum Gasteiger partial charge on any atom is -0.366 e. The molecule has 1 amide bonds. The number of hydrogen-bond donors (Lipinski definition) is 0. The third kappa shape index (κ3) is 3.41. The lowest BCUT2D eigenvalue weighted by Gasteiger charge is -2.32. The maximum absolute atomic E-state index is 13.2. The molecule has 1 aliphatic heterocycles. The molecule has 0 aliphatic carbocycles. The highest BCUT2D eigenvalue weighted by Gasteiger charge is 2.30. The van der Waals surface area contributed by atoms with Gasteiger partial charge >= 0.3 is 0 Å². The minimum absolute atomic E-state index is 0.128. The van der Waals surface area contributed by atoms with E-state index in [1.807, 2.05) is 37.3 Å². The molecule has 1 saturated heterocycles. The average molecular weight is 365 g/mol. The quantitative estimate of drug-likeness (QED) is 0.687. The van der Waals surface area contributed by atoms with Crippen LogP contribution in [0, 0.1) is 6.92 Å². The number of ether oxygens (including phenoxy) is 1. The van der Waals surface area contributed by atoms with E-state index in [1.54, 1.807) is 22.8 Å². The van der Waals surface area contributed by atoms with Crippen molar-refractivity contribution in [1.82, 2.24) is 35.1 Å². The van der Waals surface area contributed by atoms with Crippen molar-refractivity contribution in [3.63, 3.8) is 0 Å². The fraction of sp³-hybridized carbons (Fsp3) is 0.333.